The van der Waals surface area contributed by atoms with Crippen LogP contribution in [0.1, 0.15) is 23.7 Å². The van der Waals surface area contributed by atoms with Gasteiger partial charge in [-0.15, -0.1) is 0 Å². The van der Waals surface area contributed by atoms with Crippen molar-refractivity contribution < 1.29 is 4.39 Å². The second-order valence-corrected chi connectivity index (χ2v) is 4.68. The smallest absolute Gasteiger partial charge is 0.147 e. The standard InChI is InChI=1S/C13H15FN2/c1-7-3-4-10(14)13-12(7)9-6-15-8(2)5-11(9)16-13/h3-4,8,15-16H,5-6H2,1-2H3/t8-/m1/s1. The number of H-pyrrole nitrogens is 1. The topological polar surface area (TPSA) is 27.8 Å². The minimum absolute atomic E-state index is 0.150. The van der Waals surface area contributed by atoms with Crippen molar-refractivity contribution in [2.24, 2.45) is 0 Å². The molecule has 2 N–H and O–H groups in total. The predicted molar refractivity (Wildman–Crippen MR) is 63.0 cm³/mol. The summed E-state index contributed by atoms with van der Waals surface area (Å²) in [4.78, 5) is 3.24. The molecule has 2 heterocycles. The molecule has 1 atom stereocenters. The van der Waals surface area contributed by atoms with E-state index in [1.54, 1.807) is 0 Å². The maximum Gasteiger partial charge on any atom is 0.147 e. The molecule has 0 spiro atoms. The van der Waals surface area contributed by atoms with Gasteiger partial charge in [-0.3, -0.25) is 0 Å². The number of aryl methyl sites for hydroxylation is 1. The van der Waals surface area contributed by atoms with Crippen LogP contribution in [0.2, 0.25) is 0 Å². The van der Waals surface area contributed by atoms with E-state index in [0.29, 0.717) is 11.6 Å². The zero-order valence-corrected chi connectivity index (χ0v) is 9.52. The molecule has 0 saturated heterocycles. The van der Waals surface area contributed by atoms with Crippen molar-refractivity contribution in [2.45, 2.75) is 32.9 Å². The highest BCUT2D eigenvalue weighted by atomic mass is 19.1. The van der Waals surface area contributed by atoms with Gasteiger partial charge in [-0.1, -0.05) is 6.07 Å². The Morgan fingerprint density at radius 3 is 3.00 bits per heavy atom. The lowest BCUT2D eigenvalue weighted by Crippen LogP contribution is -2.32. The molecule has 1 aliphatic heterocycles. The molecular formula is C13H15FN2. The van der Waals surface area contributed by atoms with Crippen LogP contribution in [0.5, 0.6) is 0 Å². The third kappa shape index (κ3) is 1.28. The first-order chi connectivity index (χ1) is 7.66. The molecule has 2 nitrogen and oxygen atoms in total. The molecule has 0 unspecified atom stereocenters. The van der Waals surface area contributed by atoms with Crippen molar-refractivity contribution in [3.63, 3.8) is 0 Å². The molecule has 3 rings (SSSR count). The molecule has 1 aromatic carbocycles. The van der Waals surface area contributed by atoms with E-state index in [9.17, 15) is 4.39 Å². The highest BCUT2D eigenvalue weighted by molar-refractivity contribution is 5.88. The number of aromatic amines is 1. The van der Waals surface area contributed by atoms with Crippen LogP contribution < -0.4 is 5.32 Å². The zero-order valence-electron chi connectivity index (χ0n) is 9.52. The normalized spacial score (nSPS) is 20.1. The molecule has 0 bridgehead atoms. The Kier molecular flexibility index (Phi) is 2.04. The summed E-state index contributed by atoms with van der Waals surface area (Å²) in [6.07, 6.45) is 0.947. The van der Waals surface area contributed by atoms with Crippen LogP contribution in [-0.4, -0.2) is 11.0 Å². The van der Waals surface area contributed by atoms with Crippen molar-refractivity contribution in [2.75, 3.05) is 0 Å². The van der Waals surface area contributed by atoms with Gasteiger partial charge in [0.2, 0.25) is 0 Å². The predicted octanol–water partition coefficient (Wildman–Crippen LogP) is 2.65. The number of nitrogens with one attached hydrogen (secondary N) is 2. The van der Waals surface area contributed by atoms with Crippen LogP contribution in [-0.2, 0) is 13.0 Å². The van der Waals surface area contributed by atoms with Gasteiger partial charge in [0, 0.05) is 30.1 Å². The average molecular weight is 218 g/mol. The number of halogens is 1. The summed E-state index contributed by atoms with van der Waals surface area (Å²) in [7, 11) is 0. The average Bonchev–Trinajstić information content (AvgIpc) is 2.63. The number of rotatable bonds is 0. The lowest BCUT2D eigenvalue weighted by Gasteiger charge is -2.20. The summed E-state index contributed by atoms with van der Waals surface area (Å²) in [5.74, 6) is -0.150. The van der Waals surface area contributed by atoms with Crippen LogP contribution in [0.15, 0.2) is 12.1 Å². The van der Waals surface area contributed by atoms with Crippen LogP contribution >= 0.6 is 0 Å². The van der Waals surface area contributed by atoms with Crippen LogP contribution in [0.25, 0.3) is 10.9 Å². The van der Waals surface area contributed by atoms with Crippen molar-refractivity contribution in [1.82, 2.24) is 10.3 Å². The summed E-state index contributed by atoms with van der Waals surface area (Å²) in [5, 5.41) is 4.48. The van der Waals surface area contributed by atoms with E-state index in [0.717, 1.165) is 23.9 Å². The maximum absolute atomic E-state index is 13.7. The highest BCUT2D eigenvalue weighted by Crippen LogP contribution is 2.30. The minimum Gasteiger partial charge on any atom is -0.356 e. The largest absolute Gasteiger partial charge is 0.356 e. The number of aromatic nitrogens is 1. The maximum atomic E-state index is 13.7. The van der Waals surface area contributed by atoms with E-state index >= 15 is 0 Å². The monoisotopic (exact) mass is 218 g/mol. The third-order valence-electron chi connectivity index (χ3n) is 3.44. The highest BCUT2D eigenvalue weighted by Gasteiger charge is 2.21. The van der Waals surface area contributed by atoms with E-state index in [1.807, 2.05) is 13.0 Å². The van der Waals surface area contributed by atoms with E-state index in [4.69, 9.17) is 0 Å². The van der Waals surface area contributed by atoms with E-state index in [2.05, 4.69) is 17.2 Å². The van der Waals surface area contributed by atoms with Crippen molar-refractivity contribution in [3.8, 4) is 0 Å². The molecule has 1 aromatic heterocycles. The van der Waals surface area contributed by atoms with Gasteiger partial charge in [-0.25, -0.2) is 4.39 Å². The third-order valence-corrected chi connectivity index (χ3v) is 3.44. The van der Waals surface area contributed by atoms with E-state index in [-0.39, 0.29) is 5.82 Å². The summed E-state index contributed by atoms with van der Waals surface area (Å²) in [6, 6.07) is 3.85. The van der Waals surface area contributed by atoms with Gasteiger partial charge >= 0.3 is 0 Å². The van der Waals surface area contributed by atoms with Gasteiger partial charge in [0.05, 0.1) is 5.52 Å². The Balaban J connectivity index is 2.33. The Morgan fingerprint density at radius 2 is 2.19 bits per heavy atom. The fraction of sp³-hybridized carbons (Fsp3) is 0.385. The number of hydrogen-bond acceptors (Lipinski definition) is 1. The molecule has 3 heteroatoms. The Hall–Kier alpha value is -1.35. The quantitative estimate of drug-likeness (QED) is 0.699. The van der Waals surface area contributed by atoms with Gasteiger partial charge in [0.1, 0.15) is 5.82 Å². The fourth-order valence-electron chi connectivity index (χ4n) is 2.59. The Morgan fingerprint density at radius 1 is 1.38 bits per heavy atom. The number of benzene rings is 1. The minimum atomic E-state index is -0.150. The Labute approximate surface area is 93.9 Å². The SMILES string of the molecule is Cc1ccc(F)c2[nH]c3c(c12)CN[C@H](C)C3. The van der Waals surface area contributed by atoms with Crippen LogP contribution in [0.4, 0.5) is 4.39 Å². The molecule has 16 heavy (non-hydrogen) atoms. The van der Waals surface area contributed by atoms with Gasteiger partial charge in [0.25, 0.3) is 0 Å². The lowest BCUT2D eigenvalue weighted by atomic mass is 9.99. The van der Waals surface area contributed by atoms with Gasteiger partial charge in [-0.05, 0) is 31.0 Å². The molecule has 2 aromatic rings. The first-order valence-electron chi connectivity index (χ1n) is 5.68. The number of fused-ring (bicyclic) bond motifs is 3. The van der Waals surface area contributed by atoms with Crippen molar-refractivity contribution >= 4 is 10.9 Å². The van der Waals surface area contributed by atoms with Gasteiger partial charge < -0.3 is 10.3 Å². The lowest BCUT2D eigenvalue weighted by molar-refractivity contribution is 0.511. The van der Waals surface area contributed by atoms with Crippen molar-refractivity contribution in [3.05, 3.63) is 34.8 Å². The molecule has 0 aliphatic carbocycles. The summed E-state index contributed by atoms with van der Waals surface area (Å²) >= 11 is 0. The van der Waals surface area contributed by atoms with E-state index in [1.165, 1.54) is 17.3 Å². The zero-order chi connectivity index (χ0) is 11.3. The van der Waals surface area contributed by atoms with E-state index < -0.39 is 0 Å². The van der Waals surface area contributed by atoms with Gasteiger partial charge in [-0.2, -0.15) is 0 Å². The van der Waals surface area contributed by atoms with Crippen molar-refractivity contribution in [1.29, 1.82) is 0 Å². The molecule has 0 amide bonds. The first-order valence-corrected chi connectivity index (χ1v) is 5.68. The summed E-state index contributed by atoms with van der Waals surface area (Å²) in [6.45, 7) is 5.02. The molecular weight excluding hydrogens is 203 g/mol. The summed E-state index contributed by atoms with van der Waals surface area (Å²) in [5.41, 5.74) is 4.24. The van der Waals surface area contributed by atoms with Crippen LogP contribution in [0.3, 0.4) is 0 Å². The first kappa shape index (κ1) is 9.85. The number of hydrogen-bond donors (Lipinski definition) is 2. The molecule has 0 fully saturated rings. The fourth-order valence-corrected chi connectivity index (χ4v) is 2.59. The molecule has 84 valence electrons. The van der Waals surface area contributed by atoms with Crippen LogP contribution in [0, 0.1) is 12.7 Å². The Bertz CT molecular complexity index is 557. The molecule has 0 radical (unpaired) electrons. The second kappa shape index (κ2) is 3.32. The second-order valence-electron chi connectivity index (χ2n) is 4.68. The van der Waals surface area contributed by atoms with Gasteiger partial charge in [0.15, 0.2) is 0 Å². The molecule has 0 saturated carbocycles. The summed E-state index contributed by atoms with van der Waals surface area (Å²) < 4.78 is 13.7. The molecule has 1 aliphatic rings.